The molecule has 0 fully saturated rings. The Balaban J connectivity index is 2.27. The zero-order valence-electron chi connectivity index (χ0n) is 14.5. The van der Waals surface area contributed by atoms with Crippen molar-refractivity contribution in [3.05, 3.63) is 34.4 Å². The van der Waals surface area contributed by atoms with E-state index in [4.69, 9.17) is 0 Å². The fourth-order valence-corrected chi connectivity index (χ4v) is 3.81. The SMILES string of the molecule is CCc1cc2c(cc1C)CCNCCCC(CC(C)C)C2. The van der Waals surface area contributed by atoms with Crippen LogP contribution in [-0.4, -0.2) is 13.1 Å². The first kappa shape index (κ1) is 16.5. The van der Waals surface area contributed by atoms with Gasteiger partial charge in [-0.15, -0.1) is 0 Å². The number of aryl methyl sites for hydroxylation is 2. The summed E-state index contributed by atoms with van der Waals surface area (Å²) in [6.45, 7) is 11.6. The van der Waals surface area contributed by atoms with Crippen molar-refractivity contribution in [2.45, 2.75) is 66.2 Å². The van der Waals surface area contributed by atoms with E-state index in [9.17, 15) is 0 Å². The molecule has 1 aromatic rings. The lowest BCUT2D eigenvalue weighted by Gasteiger charge is -2.23. The van der Waals surface area contributed by atoms with Gasteiger partial charge in [0.2, 0.25) is 0 Å². The number of hydrogen-bond donors (Lipinski definition) is 1. The Morgan fingerprint density at radius 1 is 1.19 bits per heavy atom. The molecule has 1 unspecified atom stereocenters. The maximum atomic E-state index is 3.62. The number of hydrogen-bond acceptors (Lipinski definition) is 1. The third-order valence-corrected chi connectivity index (χ3v) is 4.89. The van der Waals surface area contributed by atoms with Crippen LogP contribution in [0.5, 0.6) is 0 Å². The van der Waals surface area contributed by atoms with Gasteiger partial charge in [-0.05, 0) is 92.6 Å². The summed E-state index contributed by atoms with van der Waals surface area (Å²) in [5.74, 6) is 1.67. The van der Waals surface area contributed by atoms with Crippen LogP contribution in [-0.2, 0) is 19.3 Å². The molecule has 1 heterocycles. The number of rotatable bonds is 3. The van der Waals surface area contributed by atoms with Gasteiger partial charge >= 0.3 is 0 Å². The molecule has 1 atom stereocenters. The molecule has 1 N–H and O–H groups in total. The molecule has 0 aliphatic carbocycles. The van der Waals surface area contributed by atoms with Gasteiger partial charge in [0.05, 0.1) is 0 Å². The highest BCUT2D eigenvalue weighted by atomic mass is 14.8. The van der Waals surface area contributed by atoms with E-state index in [1.54, 1.807) is 16.7 Å². The van der Waals surface area contributed by atoms with Crippen LogP contribution in [0.15, 0.2) is 12.1 Å². The zero-order valence-corrected chi connectivity index (χ0v) is 14.5. The van der Waals surface area contributed by atoms with E-state index >= 15 is 0 Å². The lowest BCUT2D eigenvalue weighted by atomic mass is 9.84. The maximum absolute atomic E-state index is 3.62. The standard InChI is InChI=1S/C20H33N/c1-5-18-14-20-13-17(11-15(2)3)7-6-9-21-10-8-19(20)12-16(18)4/h12,14-15,17,21H,5-11,13H2,1-4H3. The van der Waals surface area contributed by atoms with Crippen molar-refractivity contribution in [1.29, 1.82) is 0 Å². The Hall–Kier alpha value is -0.820. The van der Waals surface area contributed by atoms with Crippen molar-refractivity contribution < 1.29 is 0 Å². The minimum Gasteiger partial charge on any atom is -0.316 e. The van der Waals surface area contributed by atoms with Crippen LogP contribution in [0.1, 0.15) is 62.3 Å². The topological polar surface area (TPSA) is 12.0 Å². The van der Waals surface area contributed by atoms with Gasteiger partial charge in [-0.2, -0.15) is 0 Å². The minimum atomic E-state index is 0.811. The summed E-state index contributed by atoms with van der Waals surface area (Å²) in [4.78, 5) is 0. The van der Waals surface area contributed by atoms with Crippen LogP contribution in [0.2, 0.25) is 0 Å². The molecule has 0 aromatic heterocycles. The highest BCUT2D eigenvalue weighted by molar-refractivity contribution is 5.38. The monoisotopic (exact) mass is 287 g/mol. The predicted octanol–water partition coefficient (Wildman–Crippen LogP) is 4.69. The summed E-state index contributed by atoms with van der Waals surface area (Å²) in [6.07, 6.45) is 7.72. The Morgan fingerprint density at radius 2 is 2.00 bits per heavy atom. The van der Waals surface area contributed by atoms with E-state index in [1.165, 1.54) is 44.2 Å². The molecule has 1 nitrogen and oxygen atoms in total. The van der Waals surface area contributed by atoms with E-state index < -0.39 is 0 Å². The van der Waals surface area contributed by atoms with Crippen molar-refractivity contribution in [3.63, 3.8) is 0 Å². The first-order chi connectivity index (χ1) is 10.1. The second-order valence-electron chi connectivity index (χ2n) is 7.24. The Labute approximate surface area is 131 Å². The van der Waals surface area contributed by atoms with Crippen molar-refractivity contribution in [3.8, 4) is 0 Å². The number of benzene rings is 1. The smallest absolute Gasteiger partial charge is 0.000825 e. The first-order valence-corrected chi connectivity index (χ1v) is 8.92. The van der Waals surface area contributed by atoms with Gasteiger partial charge in [0.15, 0.2) is 0 Å². The van der Waals surface area contributed by atoms with Crippen LogP contribution in [0.25, 0.3) is 0 Å². The van der Waals surface area contributed by atoms with Gasteiger partial charge in [-0.1, -0.05) is 32.9 Å². The van der Waals surface area contributed by atoms with Gasteiger partial charge in [-0.3, -0.25) is 0 Å². The molecule has 21 heavy (non-hydrogen) atoms. The maximum Gasteiger partial charge on any atom is -0.000825 e. The molecule has 1 aromatic carbocycles. The quantitative estimate of drug-likeness (QED) is 0.850. The second-order valence-corrected chi connectivity index (χ2v) is 7.24. The van der Waals surface area contributed by atoms with Gasteiger partial charge in [0, 0.05) is 0 Å². The van der Waals surface area contributed by atoms with Gasteiger partial charge < -0.3 is 5.32 Å². The second kappa shape index (κ2) is 7.98. The van der Waals surface area contributed by atoms with E-state index in [0.29, 0.717) is 0 Å². The Bertz CT molecular complexity index is 447. The van der Waals surface area contributed by atoms with Crippen LogP contribution in [0.3, 0.4) is 0 Å². The molecule has 0 saturated carbocycles. The molecule has 0 saturated heterocycles. The summed E-state index contributed by atoms with van der Waals surface area (Å²) in [6, 6.07) is 4.98. The average Bonchev–Trinajstić information content (AvgIpc) is 2.44. The molecule has 0 amide bonds. The fraction of sp³-hybridized carbons (Fsp3) is 0.700. The largest absolute Gasteiger partial charge is 0.316 e. The van der Waals surface area contributed by atoms with E-state index in [1.807, 2.05) is 0 Å². The van der Waals surface area contributed by atoms with Crippen LogP contribution in [0.4, 0.5) is 0 Å². The fourth-order valence-electron chi connectivity index (χ4n) is 3.81. The molecule has 118 valence electrons. The van der Waals surface area contributed by atoms with Crippen molar-refractivity contribution in [2.75, 3.05) is 13.1 Å². The highest BCUT2D eigenvalue weighted by Gasteiger charge is 2.16. The van der Waals surface area contributed by atoms with Crippen LogP contribution >= 0.6 is 0 Å². The van der Waals surface area contributed by atoms with Crippen LogP contribution in [0, 0.1) is 18.8 Å². The van der Waals surface area contributed by atoms with Gasteiger partial charge in [0.25, 0.3) is 0 Å². The highest BCUT2D eigenvalue weighted by Crippen LogP contribution is 2.26. The van der Waals surface area contributed by atoms with Gasteiger partial charge in [-0.25, -0.2) is 0 Å². The predicted molar refractivity (Wildman–Crippen MR) is 93.0 cm³/mol. The number of nitrogens with one attached hydrogen (secondary N) is 1. The molecule has 0 radical (unpaired) electrons. The van der Waals surface area contributed by atoms with Crippen molar-refractivity contribution in [1.82, 2.24) is 5.32 Å². The van der Waals surface area contributed by atoms with Crippen molar-refractivity contribution >= 4 is 0 Å². The summed E-state index contributed by atoms with van der Waals surface area (Å²) in [5.41, 5.74) is 6.25. The summed E-state index contributed by atoms with van der Waals surface area (Å²) < 4.78 is 0. The molecule has 0 spiro atoms. The van der Waals surface area contributed by atoms with E-state index in [0.717, 1.165) is 24.8 Å². The molecule has 2 rings (SSSR count). The van der Waals surface area contributed by atoms with Crippen molar-refractivity contribution in [2.24, 2.45) is 11.8 Å². The molecule has 1 aliphatic heterocycles. The minimum absolute atomic E-state index is 0.811. The third kappa shape index (κ3) is 4.85. The Kier molecular flexibility index (Phi) is 6.29. The third-order valence-electron chi connectivity index (χ3n) is 4.89. The van der Waals surface area contributed by atoms with Crippen LogP contribution < -0.4 is 5.32 Å². The lowest BCUT2D eigenvalue weighted by Crippen LogP contribution is -2.22. The van der Waals surface area contributed by atoms with E-state index in [-0.39, 0.29) is 0 Å². The average molecular weight is 287 g/mol. The summed E-state index contributed by atoms with van der Waals surface area (Å²) in [5, 5.41) is 3.62. The summed E-state index contributed by atoms with van der Waals surface area (Å²) >= 11 is 0. The molecule has 1 heteroatoms. The molecule has 1 aliphatic rings. The number of fused-ring (bicyclic) bond motifs is 1. The molecule has 0 bridgehead atoms. The van der Waals surface area contributed by atoms with E-state index in [2.05, 4.69) is 45.1 Å². The first-order valence-electron chi connectivity index (χ1n) is 8.92. The lowest BCUT2D eigenvalue weighted by molar-refractivity contribution is 0.369. The molecular weight excluding hydrogens is 254 g/mol. The Morgan fingerprint density at radius 3 is 2.71 bits per heavy atom. The molecular formula is C20H33N. The zero-order chi connectivity index (χ0) is 15.2. The normalized spacial score (nSPS) is 20.3. The summed E-state index contributed by atoms with van der Waals surface area (Å²) in [7, 11) is 0. The van der Waals surface area contributed by atoms with Gasteiger partial charge in [0.1, 0.15) is 0 Å².